The van der Waals surface area contributed by atoms with E-state index in [1.165, 1.54) is 11.1 Å². The van der Waals surface area contributed by atoms with E-state index in [-0.39, 0.29) is 11.3 Å². The van der Waals surface area contributed by atoms with Crippen LogP contribution in [0.15, 0.2) is 24.3 Å². The number of carbonyl (C=O) groups is 1. The molecule has 2 rings (SSSR count). The third-order valence-electron chi connectivity index (χ3n) is 4.24. The molecule has 1 amide bonds. The second-order valence-corrected chi connectivity index (χ2v) is 6.86. The third-order valence-corrected chi connectivity index (χ3v) is 4.24. The molecule has 1 aromatic carbocycles. The van der Waals surface area contributed by atoms with E-state index in [1.54, 1.807) is 0 Å². The molecule has 3 nitrogen and oxygen atoms in total. The van der Waals surface area contributed by atoms with Gasteiger partial charge in [-0.25, -0.2) is 0 Å². The van der Waals surface area contributed by atoms with Crippen LogP contribution >= 0.6 is 0 Å². The smallest absolute Gasteiger partial charge is 0.224 e. The molecule has 3 N–H and O–H groups in total. The number of nitrogens with one attached hydrogen (secondary N) is 1. The molecule has 0 bridgehead atoms. The Hall–Kier alpha value is -1.35. The van der Waals surface area contributed by atoms with Crippen molar-refractivity contribution in [3.05, 3.63) is 35.4 Å². The lowest BCUT2D eigenvalue weighted by Gasteiger charge is -2.25. The largest absolute Gasteiger partial charge is 0.369 e. The fourth-order valence-corrected chi connectivity index (χ4v) is 2.80. The summed E-state index contributed by atoms with van der Waals surface area (Å²) in [6.07, 6.45) is 1.06. The number of primary amides is 1. The molecule has 0 saturated heterocycles. The van der Waals surface area contributed by atoms with E-state index >= 15 is 0 Å². The Labute approximate surface area is 115 Å². The second-order valence-electron chi connectivity index (χ2n) is 6.86. The molecule has 0 heterocycles. The van der Waals surface area contributed by atoms with Crippen molar-refractivity contribution in [1.82, 2.24) is 5.32 Å². The van der Waals surface area contributed by atoms with E-state index in [0.717, 1.165) is 6.42 Å². The van der Waals surface area contributed by atoms with Gasteiger partial charge in [-0.1, -0.05) is 38.1 Å². The maximum Gasteiger partial charge on any atom is 0.224 e. The van der Waals surface area contributed by atoms with Crippen molar-refractivity contribution in [3.63, 3.8) is 0 Å². The zero-order chi connectivity index (χ0) is 14.3. The molecule has 0 radical (unpaired) electrons. The van der Waals surface area contributed by atoms with Gasteiger partial charge in [0.05, 0.1) is 5.41 Å². The lowest BCUT2D eigenvalue weighted by atomic mass is 9.86. The van der Waals surface area contributed by atoms with E-state index in [9.17, 15) is 4.79 Å². The predicted octanol–water partition coefficient (Wildman–Crippen LogP) is 2.51. The fraction of sp³-hybridized carbons (Fsp3) is 0.562. The van der Waals surface area contributed by atoms with Crippen LogP contribution in [0.1, 0.15) is 51.3 Å². The van der Waals surface area contributed by atoms with Crippen molar-refractivity contribution < 1.29 is 4.79 Å². The van der Waals surface area contributed by atoms with Crippen molar-refractivity contribution in [3.8, 4) is 0 Å². The SMILES string of the molecule is CC(C)(CNC1CC(C)(C)c2ccccc21)C(N)=O. The summed E-state index contributed by atoms with van der Waals surface area (Å²) in [5, 5.41) is 3.51. The highest BCUT2D eigenvalue weighted by Crippen LogP contribution is 2.44. The Morgan fingerprint density at radius 2 is 2.05 bits per heavy atom. The van der Waals surface area contributed by atoms with E-state index in [0.29, 0.717) is 12.6 Å². The standard InChI is InChI=1S/C16H24N2O/c1-15(2)9-13(11-7-5-6-8-12(11)15)18-10-16(3,4)14(17)19/h5-8,13,18H,9-10H2,1-4H3,(H2,17,19). The first kappa shape index (κ1) is 14.1. The molecular weight excluding hydrogens is 236 g/mol. The topological polar surface area (TPSA) is 55.1 Å². The van der Waals surface area contributed by atoms with Crippen LogP contribution in [0.25, 0.3) is 0 Å². The van der Waals surface area contributed by atoms with E-state index < -0.39 is 5.41 Å². The number of fused-ring (bicyclic) bond motifs is 1. The molecule has 1 unspecified atom stereocenters. The lowest BCUT2D eigenvalue weighted by molar-refractivity contribution is -0.125. The fourth-order valence-electron chi connectivity index (χ4n) is 2.80. The quantitative estimate of drug-likeness (QED) is 0.874. The summed E-state index contributed by atoms with van der Waals surface area (Å²) in [4.78, 5) is 11.4. The van der Waals surface area contributed by atoms with Crippen LogP contribution in [0.3, 0.4) is 0 Å². The first-order valence-electron chi connectivity index (χ1n) is 6.87. The molecule has 1 atom stereocenters. The summed E-state index contributed by atoms with van der Waals surface area (Å²) in [6.45, 7) is 8.92. The summed E-state index contributed by atoms with van der Waals surface area (Å²) in [6, 6.07) is 8.87. The van der Waals surface area contributed by atoms with Crippen LogP contribution in [-0.2, 0) is 10.2 Å². The van der Waals surface area contributed by atoms with Crippen LogP contribution in [-0.4, -0.2) is 12.5 Å². The minimum Gasteiger partial charge on any atom is -0.369 e. The van der Waals surface area contributed by atoms with Crippen molar-refractivity contribution >= 4 is 5.91 Å². The summed E-state index contributed by atoms with van der Waals surface area (Å²) < 4.78 is 0. The Balaban J connectivity index is 2.15. The van der Waals surface area contributed by atoms with Crippen LogP contribution < -0.4 is 11.1 Å². The maximum atomic E-state index is 11.4. The first-order chi connectivity index (χ1) is 8.74. The lowest BCUT2D eigenvalue weighted by Crippen LogP contribution is -2.41. The predicted molar refractivity (Wildman–Crippen MR) is 77.8 cm³/mol. The normalized spacial score (nSPS) is 21.2. The van der Waals surface area contributed by atoms with Crippen molar-refractivity contribution in [2.75, 3.05) is 6.54 Å². The van der Waals surface area contributed by atoms with Crippen molar-refractivity contribution in [2.24, 2.45) is 11.1 Å². The molecule has 1 aliphatic rings. The van der Waals surface area contributed by atoms with Gasteiger partial charge in [0.15, 0.2) is 0 Å². The highest BCUT2D eigenvalue weighted by atomic mass is 16.1. The van der Waals surface area contributed by atoms with Crippen LogP contribution in [0.5, 0.6) is 0 Å². The minimum atomic E-state index is -0.512. The van der Waals surface area contributed by atoms with Crippen molar-refractivity contribution in [1.29, 1.82) is 0 Å². The summed E-state index contributed by atoms with van der Waals surface area (Å²) in [5.41, 5.74) is 7.86. The Morgan fingerprint density at radius 3 is 2.68 bits per heavy atom. The summed E-state index contributed by atoms with van der Waals surface area (Å²) in [7, 11) is 0. The number of amides is 1. The number of hydrogen-bond donors (Lipinski definition) is 2. The average molecular weight is 260 g/mol. The summed E-state index contributed by atoms with van der Waals surface area (Å²) >= 11 is 0. The molecule has 104 valence electrons. The number of carbonyl (C=O) groups excluding carboxylic acids is 1. The molecule has 0 saturated carbocycles. The minimum absolute atomic E-state index is 0.186. The Bertz CT molecular complexity index is 491. The monoisotopic (exact) mass is 260 g/mol. The zero-order valence-corrected chi connectivity index (χ0v) is 12.3. The van der Waals surface area contributed by atoms with Gasteiger partial charge in [-0.3, -0.25) is 4.79 Å². The molecule has 0 aliphatic heterocycles. The van der Waals surface area contributed by atoms with Gasteiger partial charge in [-0.15, -0.1) is 0 Å². The summed E-state index contributed by atoms with van der Waals surface area (Å²) in [5.74, 6) is -0.259. The molecule has 3 heteroatoms. The van der Waals surface area contributed by atoms with Gasteiger partial charge in [0.2, 0.25) is 5.91 Å². The number of hydrogen-bond acceptors (Lipinski definition) is 2. The average Bonchev–Trinajstić information content (AvgIpc) is 2.59. The van der Waals surface area contributed by atoms with Crippen molar-refractivity contribution in [2.45, 2.75) is 45.6 Å². The van der Waals surface area contributed by atoms with Crippen LogP contribution in [0.4, 0.5) is 0 Å². The molecule has 1 aliphatic carbocycles. The highest BCUT2D eigenvalue weighted by molar-refractivity contribution is 5.80. The van der Waals surface area contributed by atoms with Gasteiger partial charge in [0, 0.05) is 12.6 Å². The van der Waals surface area contributed by atoms with Gasteiger partial charge in [0.1, 0.15) is 0 Å². The van der Waals surface area contributed by atoms with Crippen LogP contribution in [0, 0.1) is 5.41 Å². The number of rotatable bonds is 4. The molecule has 0 spiro atoms. The molecule has 0 fully saturated rings. The van der Waals surface area contributed by atoms with Crippen LogP contribution in [0.2, 0.25) is 0 Å². The van der Waals surface area contributed by atoms with E-state index in [1.807, 2.05) is 13.8 Å². The number of benzene rings is 1. The maximum absolute atomic E-state index is 11.4. The second kappa shape index (κ2) is 4.64. The molecule has 0 aromatic heterocycles. The molecule has 19 heavy (non-hydrogen) atoms. The van der Waals surface area contributed by atoms with Gasteiger partial charge in [-0.2, -0.15) is 0 Å². The van der Waals surface area contributed by atoms with Gasteiger partial charge in [0.25, 0.3) is 0 Å². The van der Waals surface area contributed by atoms with E-state index in [2.05, 4.69) is 43.4 Å². The number of nitrogens with two attached hydrogens (primary N) is 1. The molecule has 1 aromatic rings. The van der Waals surface area contributed by atoms with E-state index in [4.69, 9.17) is 5.73 Å². The molecular formula is C16H24N2O. The van der Waals surface area contributed by atoms with Gasteiger partial charge >= 0.3 is 0 Å². The highest BCUT2D eigenvalue weighted by Gasteiger charge is 2.37. The van der Waals surface area contributed by atoms with Gasteiger partial charge < -0.3 is 11.1 Å². The Morgan fingerprint density at radius 1 is 1.42 bits per heavy atom. The zero-order valence-electron chi connectivity index (χ0n) is 12.3. The first-order valence-corrected chi connectivity index (χ1v) is 6.87. The van der Waals surface area contributed by atoms with Gasteiger partial charge in [-0.05, 0) is 36.8 Å². The third kappa shape index (κ3) is 2.66. The Kier molecular flexibility index (Phi) is 3.43.